The highest BCUT2D eigenvalue weighted by atomic mass is 16.6. The van der Waals surface area contributed by atoms with Crippen LogP contribution < -0.4 is 0 Å². The predicted octanol–water partition coefficient (Wildman–Crippen LogP) is 6.60. The molecule has 1 unspecified atom stereocenters. The van der Waals surface area contributed by atoms with Crippen molar-refractivity contribution in [1.82, 2.24) is 4.90 Å². The van der Waals surface area contributed by atoms with Gasteiger partial charge in [-0.3, -0.25) is 19.2 Å². The van der Waals surface area contributed by atoms with E-state index >= 15 is 0 Å². The van der Waals surface area contributed by atoms with Crippen LogP contribution in [0, 0.1) is 35.5 Å². The standard InChI is InChI=1S/C56H89NO15/c1-35-17-12-11-13-18-36(2)47(70-28-27-66-8)33-43-22-20-41(7)56(65,72-43)53(62)54(63)57-24-15-14-19-44(57)55(64)71-48(38(4)31-42-21-23-46(49(32-42)67-9)69-26-16-25-58)34-45(59)37(3)30-40(6)51(61)52(68-10)50(60)39(5)29-35/h11-13,17-18,30,35,37-39,41-44,46-49,51-52,58,61,65H,14-16,19-29,31-34H2,1-10H3/b13-11+,17-12+,36-18+,40-30+/t35-,37-,38?,39-,41-,42+,43+,44+,46-,47-,48+,49-,51-,52+,56-/m1/s1. The van der Waals surface area contributed by atoms with Gasteiger partial charge in [0.05, 0.1) is 37.6 Å². The van der Waals surface area contributed by atoms with E-state index in [1.54, 1.807) is 41.1 Å². The number of ether oxygens (including phenoxy) is 7. The van der Waals surface area contributed by atoms with E-state index in [9.17, 15) is 39.3 Å². The van der Waals surface area contributed by atoms with E-state index in [4.69, 9.17) is 33.2 Å². The first-order valence-electron chi connectivity index (χ1n) is 26.6. The van der Waals surface area contributed by atoms with E-state index in [-0.39, 0.29) is 80.5 Å². The van der Waals surface area contributed by atoms with E-state index in [0.717, 1.165) is 18.4 Å². The molecule has 3 heterocycles. The van der Waals surface area contributed by atoms with E-state index in [1.807, 2.05) is 58.1 Å². The van der Waals surface area contributed by atoms with Crippen LogP contribution in [0.3, 0.4) is 0 Å². The van der Waals surface area contributed by atoms with Gasteiger partial charge in [-0.2, -0.15) is 0 Å². The Morgan fingerprint density at radius 1 is 0.833 bits per heavy atom. The number of allylic oxidation sites excluding steroid dienone is 6. The summed E-state index contributed by atoms with van der Waals surface area (Å²) < 4.78 is 41.6. The summed E-state index contributed by atoms with van der Waals surface area (Å²) in [5.74, 6) is -8.06. The molecule has 16 heteroatoms. The fourth-order valence-electron chi connectivity index (χ4n) is 10.8. The summed E-state index contributed by atoms with van der Waals surface area (Å²) in [7, 11) is 4.61. The molecule has 1 aliphatic carbocycles. The van der Waals surface area contributed by atoms with Gasteiger partial charge in [0, 0.05) is 71.7 Å². The number of piperidine rings is 1. The Morgan fingerprint density at radius 2 is 1.58 bits per heavy atom. The second-order valence-electron chi connectivity index (χ2n) is 21.1. The summed E-state index contributed by atoms with van der Waals surface area (Å²) >= 11 is 0. The first kappa shape index (κ1) is 61.1. The molecule has 1 amide bonds. The molecule has 1 saturated carbocycles. The maximum absolute atomic E-state index is 14.6. The van der Waals surface area contributed by atoms with Gasteiger partial charge in [0.2, 0.25) is 5.79 Å². The van der Waals surface area contributed by atoms with Crippen molar-refractivity contribution in [2.75, 3.05) is 54.3 Å². The van der Waals surface area contributed by atoms with Crippen molar-refractivity contribution in [2.45, 2.75) is 186 Å². The van der Waals surface area contributed by atoms with Crippen molar-refractivity contribution in [2.24, 2.45) is 35.5 Å². The molecule has 0 aromatic heterocycles. The minimum absolute atomic E-state index is 0.000907. The molecule has 3 N–H and O–H groups in total. The maximum Gasteiger partial charge on any atom is 0.329 e. The van der Waals surface area contributed by atoms with Gasteiger partial charge in [0.1, 0.15) is 30.1 Å². The van der Waals surface area contributed by atoms with Gasteiger partial charge in [-0.25, -0.2) is 4.79 Å². The van der Waals surface area contributed by atoms with E-state index < -0.39 is 77.8 Å². The molecule has 3 fully saturated rings. The van der Waals surface area contributed by atoms with Gasteiger partial charge in [0.25, 0.3) is 11.7 Å². The number of rotatable bonds is 13. The minimum atomic E-state index is -2.46. The predicted molar refractivity (Wildman–Crippen MR) is 271 cm³/mol. The van der Waals surface area contributed by atoms with Crippen LogP contribution in [0.25, 0.3) is 0 Å². The third kappa shape index (κ3) is 17.3. The summed E-state index contributed by atoms with van der Waals surface area (Å²) in [4.78, 5) is 72.6. The second-order valence-corrected chi connectivity index (χ2v) is 21.1. The molecule has 3 aliphatic heterocycles. The smallest absolute Gasteiger partial charge is 0.329 e. The highest BCUT2D eigenvalue weighted by Crippen LogP contribution is 2.38. The van der Waals surface area contributed by atoms with Crippen molar-refractivity contribution in [3.8, 4) is 0 Å². The number of fused-ring (bicyclic) bond motifs is 3. The molecule has 408 valence electrons. The first-order valence-corrected chi connectivity index (χ1v) is 26.6. The first-order chi connectivity index (χ1) is 34.3. The topological polar surface area (TPSA) is 214 Å². The maximum atomic E-state index is 14.6. The molecule has 0 aromatic rings. The van der Waals surface area contributed by atoms with E-state index in [1.165, 1.54) is 12.0 Å². The number of esters is 1. The van der Waals surface area contributed by atoms with Gasteiger partial charge >= 0.3 is 5.97 Å². The summed E-state index contributed by atoms with van der Waals surface area (Å²) in [5.41, 5.74) is 1.24. The third-order valence-corrected chi connectivity index (χ3v) is 15.4. The fourth-order valence-corrected chi connectivity index (χ4v) is 10.8. The Morgan fingerprint density at radius 3 is 2.28 bits per heavy atom. The quantitative estimate of drug-likeness (QED) is 0.0767. The average molecular weight is 1020 g/mol. The number of Topliss-reactive ketones (excluding diaryl/α,β-unsaturated/α-hetero) is 3. The fraction of sp³-hybridized carbons (Fsp3) is 0.768. The van der Waals surface area contributed by atoms with Gasteiger partial charge in [-0.1, -0.05) is 71.1 Å². The van der Waals surface area contributed by atoms with Crippen LogP contribution in [0.2, 0.25) is 0 Å². The van der Waals surface area contributed by atoms with Crippen LogP contribution in [0.15, 0.2) is 47.6 Å². The average Bonchev–Trinajstić information content (AvgIpc) is 3.36. The Balaban J connectivity index is 1.71. The van der Waals surface area contributed by atoms with Crippen LogP contribution in [0.4, 0.5) is 0 Å². The highest BCUT2D eigenvalue weighted by molar-refractivity contribution is 6.39. The number of methoxy groups -OCH3 is 3. The number of hydrogen-bond donors (Lipinski definition) is 3. The third-order valence-electron chi connectivity index (χ3n) is 15.4. The molecule has 15 atom stereocenters. The van der Waals surface area contributed by atoms with Gasteiger partial charge in [-0.15, -0.1) is 0 Å². The zero-order valence-corrected chi connectivity index (χ0v) is 45.0. The number of amides is 1. The van der Waals surface area contributed by atoms with Crippen LogP contribution in [-0.4, -0.2) is 158 Å². The van der Waals surface area contributed by atoms with Crippen molar-refractivity contribution >= 4 is 29.2 Å². The van der Waals surface area contributed by atoms with Crippen molar-refractivity contribution in [1.29, 1.82) is 0 Å². The number of nitrogens with zero attached hydrogens (tertiary/aromatic N) is 1. The number of carbonyl (C=O) groups is 5. The zero-order valence-electron chi connectivity index (χ0n) is 45.0. The Hall–Kier alpha value is -3.45. The molecule has 2 bridgehead atoms. The number of ketones is 3. The lowest BCUT2D eigenvalue weighted by Crippen LogP contribution is -2.61. The SMILES string of the molecule is COCCO[C@@H]1C[C@@H]2CC[C@@H](C)[C@@](O)(O2)C(=O)C(=O)N2CCCC[C@H]2C(=O)O[C@H](C(C)C[C@@H]2CC[C@@H](OCCCO)[C@H](OC)C2)CC(=O)[C@H](C)/C=C(\C)[C@@H](O)[C@@H](OC)C(=O)[C@H](C)C[C@H](C)/C=C/C=C/C=C/1C. The van der Waals surface area contributed by atoms with E-state index in [0.29, 0.717) is 70.2 Å². The molecule has 2 saturated heterocycles. The zero-order chi connectivity index (χ0) is 53.1. The molecule has 4 aliphatic rings. The molecule has 4 rings (SSSR count). The number of hydrogen-bond acceptors (Lipinski definition) is 15. The monoisotopic (exact) mass is 1020 g/mol. The van der Waals surface area contributed by atoms with Gasteiger partial charge < -0.3 is 53.4 Å². The summed E-state index contributed by atoms with van der Waals surface area (Å²) in [6, 6.07) is -1.16. The summed E-state index contributed by atoms with van der Waals surface area (Å²) in [5, 5.41) is 32.9. The Labute approximate surface area is 429 Å². The van der Waals surface area contributed by atoms with Crippen LogP contribution in [0.5, 0.6) is 0 Å². The van der Waals surface area contributed by atoms with Crippen molar-refractivity contribution in [3.63, 3.8) is 0 Å². The van der Waals surface area contributed by atoms with Crippen molar-refractivity contribution < 1.29 is 72.5 Å². The van der Waals surface area contributed by atoms with Crippen LogP contribution >= 0.6 is 0 Å². The molecule has 0 aromatic carbocycles. The normalized spacial score (nSPS) is 37.7. The lowest BCUT2D eigenvalue weighted by atomic mass is 9.78. The molecular weight excluding hydrogens is 927 g/mol. The molecule has 72 heavy (non-hydrogen) atoms. The van der Waals surface area contributed by atoms with Gasteiger partial charge in [0.15, 0.2) is 5.78 Å². The van der Waals surface area contributed by atoms with E-state index in [2.05, 4.69) is 0 Å². The van der Waals surface area contributed by atoms with Crippen LogP contribution in [0.1, 0.15) is 132 Å². The van der Waals surface area contributed by atoms with Crippen LogP contribution in [-0.2, 0) is 57.1 Å². The number of aliphatic hydroxyl groups excluding tert-OH is 2. The molecular formula is C56H89NO15. The molecule has 0 radical (unpaired) electrons. The summed E-state index contributed by atoms with van der Waals surface area (Å²) in [6.07, 6.45) is 12.4. The van der Waals surface area contributed by atoms with Gasteiger partial charge in [-0.05, 0) is 113 Å². The highest BCUT2D eigenvalue weighted by Gasteiger charge is 2.53. The number of carbonyl (C=O) groups excluding carboxylic acids is 5. The lowest BCUT2D eigenvalue weighted by molar-refractivity contribution is -0.266. The Bertz CT molecular complexity index is 1880. The number of cyclic esters (lactones) is 1. The van der Waals surface area contributed by atoms with Crippen molar-refractivity contribution in [3.05, 3.63) is 47.6 Å². The second kappa shape index (κ2) is 30.2. The summed E-state index contributed by atoms with van der Waals surface area (Å²) in [6.45, 7) is 13.9. The Kier molecular flexibility index (Phi) is 25.6. The largest absolute Gasteiger partial charge is 0.460 e. The molecule has 16 nitrogen and oxygen atoms in total. The minimum Gasteiger partial charge on any atom is -0.460 e. The lowest BCUT2D eigenvalue weighted by Gasteiger charge is -2.43. The number of aliphatic hydroxyl groups is 3. The molecule has 0 spiro atoms.